The van der Waals surface area contributed by atoms with Crippen LogP contribution in [0.25, 0.3) is 0 Å². The van der Waals surface area contributed by atoms with Crippen molar-refractivity contribution in [3.05, 3.63) is 41.5 Å². The Balaban J connectivity index is 0.000000711. The second-order valence-electron chi connectivity index (χ2n) is 3.45. The molecule has 0 saturated heterocycles. The van der Waals surface area contributed by atoms with Crippen LogP contribution >= 0.6 is 0 Å². The number of carbonyl (C=O) groups is 1. The van der Waals surface area contributed by atoms with E-state index < -0.39 is 0 Å². The first-order valence-electron chi connectivity index (χ1n) is 5.38. The van der Waals surface area contributed by atoms with Gasteiger partial charge in [0.2, 0.25) is 5.91 Å². The van der Waals surface area contributed by atoms with Crippen LogP contribution in [-0.2, 0) is 4.79 Å². The molecule has 0 N–H and O–H groups in total. The van der Waals surface area contributed by atoms with Crippen LogP contribution in [0.1, 0.15) is 27.2 Å². The third kappa shape index (κ3) is 3.60. The van der Waals surface area contributed by atoms with Gasteiger partial charge in [-0.2, -0.15) is 24.1 Å². The predicted octanol–water partition coefficient (Wildman–Crippen LogP) is -0.147. The standard InChI is InChI=1S/C11H12NO.C2H6.K/c1-8-3-5-9-7-11(13)12(2)10(9)6-4-8;1-2;/h3-6H,7H2,1-2H3;1-2H3;/q-1;;+1. The summed E-state index contributed by atoms with van der Waals surface area (Å²) in [6.07, 6.45) is 8.67. The molecule has 3 heteroatoms. The summed E-state index contributed by atoms with van der Waals surface area (Å²) < 4.78 is 0. The zero-order valence-electron chi connectivity index (χ0n) is 10.9. The molecule has 2 nitrogen and oxygen atoms in total. The maximum atomic E-state index is 11.3. The molecule has 1 aliphatic carbocycles. The molecule has 0 unspecified atom stereocenters. The third-order valence-electron chi connectivity index (χ3n) is 2.46. The minimum absolute atomic E-state index is 0. The Kier molecular flexibility index (Phi) is 7.60. The van der Waals surface area contributed by atoms with Crippen LogP contribution in [0.5, 0.6) is 0 Å². The van der Waals surface area contributed by atoms with Crippen molar-refractivity contribution in [2.24, 2.45) is 0 Å². The van der Waals surface area contributed by atoms with Crippen molar-refractivity contribution in [3.8, 4) is 0 Å². The number of hydrogen-bond donors (Lipinski definition) is 0. The zero-order chi connectivity index (χ0) is 11.4. The van der Waals surface area contributed by atoms with Gasteiger partial charge in [-0.1, -0.05) is 26.3 Å². The van der Waals surface area contributed by atoms with Gasteiger partial charge >= 0.3 is 51.4 Å². The van der Waals surface area contributed by atoms with E-state index in [1.807, 2.05) is 45.2 Å². The predicted molar refractivity (Wildman–Crippen MR) is 63.0 cm³/mol. The van der Waals surface area contributed by atoms with Gasteiger partial charge < -0.3 is 4.90 Å². The number of allylic oxidation sites excluding steroid dienone is 4. The van der Waals surface area contributed by atoms with Crippen LogP contribution < -0.4 is 51.4 Å². The van der Waals surface area contributed by atoms with E-state index >= 15 is 0 Å². The topological polar surface area (TPSA) is 20.3 Å². The largest absolute Gasteiger partial charge is 1.00 e. The van der Waals surface area contributed by atoms with Crippen molar-refractivity contribution in [2.45, 2.75) is 27.2 Å². The molecule has 0 aromatic carbocycles. The van der Waals surface area contributed by atoms with E-state index in [2.05, 4.69) is 6.92 Å². The number of rotatable bonds is 0. The third-order valence-corrected chi connectivity index (χ3v) is 2.46. The molecule has 0 spiro atoms. The van der Waals surface area contributed by atoms with Crippen molar-refractivity contribution in [1.82, 2.24) is 4.90 Å². The van der Waals surface area contributed by atoms with Crippen molar-refractivity contribution in [2.75, 3.05) is 7.05 Å². The Morgan fingerprint density at radius 1 is 1.25 bits per heavy atom. The summed E-state index contributed by atoms with van der Waals surface area (Å²) in [6.45, 7) is 6.05. The van der Waals surface area contributed by atoms with Gasteiger partial charge in [0.25, 0.3) is 0 Å². The van der Waals surface area contributed by atoms with E-state index in [0.717, 1.165) is 11.3 Å². The SMILES string of the molecule is CC.C[C-]1C=CC2=C(C=C1)N(C)C(=O)C2.[K+]. The monoisotopic (exact) mass is 243 g/mol. The second kappa shape index (κ2) is 7.51. The van der Waals surface area contributed by atoms with Crippen LogP contribution in [0.4, 0.5) is 0 Å². The average Bonchev–Trinajstić information content (AvgIpc) is 2.41. The van der Waals surface area contributed by atoms with E-state index in [0.29, 0.717) is 6.42 Å². The Morgan fingerprint density at radius 3 is 2.44 bits per heavy atom. The molecule has 0 aromatic rings. The fraction of sp³-hybridized carbons (Fsp3) is 0.385. The van der Waals surface area contributed by atoms with E-state index in [1.54, 1.807) is 4.90 Å². The van der Waals surface area contributed by atoms with Crippen molar-refractivity contribution in [3.63, 3.8) is 0 Å². The summed E-state index contributed by atoms with van der Waals surface area (Å²) in [5, 5.41) is 0. The van der Waals surface area contributed by atoms with Crippen molar-refractivity contribution >= 4 is 5.91 Å². The normalized spacial score (nSPS) is 17.6. The minimum atomic E-state index is 0. The Morgan fingerprint density at radius 2 is 1.81 bits per heavy atom. The van der Waals surface area contributed by atoms with Crippen LogP contribution in [0, 0.1) is 5.92 Å². The van der Waals surface area contributed by atoms with E-state index in [-0.39, 0.29) is 57.3 Å². The molecule has 1 heterocycles. The maximum Gasteiger partial charge on any atom is 1.00 e. The first-order chi connectivity index (χ1) is 7.18. The molecule has 16 heavy (non-hydrogen) atoms. The Labute approximate surface area is 141 Å². The van der Waals surface area contributed by atoms with Crippen molar-refractivity contribution < 1.29 is 56.2 Å². The van der Waals surface area contributed by atoms with Crippen LogP contribution in [-0.4, -0.2) is 17.9 Å². The summed E-state index contributed by atoms with van der Waals surface area (Å²) in [5.41, 5.74) is 2.17. The van der Waals surface area contributed by atoms with Gasteiger partial charge in [-0.3, -0.25) is 4.79 Å². The molecular formula is C13H18KNO. The summed E-state index contributed by atoms with van der Waals surface area (Å²) in [6, 6.07) is 0. The summed E-state index contributed by atoms with van der Waals surface area (Å²) >= 11 is 0. The number of hydrogen-bond acceptors (Lipinski definition) is 1. The average molecular weight is 243 g/mol. The second-order valence-corrected chi connectivity index (χ2v) is 3.45. The Bertz CT molecular complexity index is 342. The smallest absolute Gasteiger partial charge is 0.327 e. The first-order valence-corrected chi connectivity index (χ1v) is 5.38. The van der Waals surface area contributed by atoms with Crippen LogP contribution in [0.3, 0.4) is 0 Å². The van der Waals surface area contributed by atoms with Crippen LogP contribution in [0.2, 0.25) is 0 Å². The van der Waals surface area contributed by atoms with Gasteiger partial charge in [0.1, 0.15) is 0 Å². The van der Waals surface area contributed by atoms with E-state index in [4.69, 9.17) is 0 Å². The maximum absolute atomic E-state index is 11.3. The summed E-state index contributed by atoms with van der Waals surface area (Å²) in [7, 11) is 1.82. The molecule has 0 fully saturated rings. The molecule has 0 aromatic heterocycles. The molecular weight excluding hydrogens is 225 g/mol. The van der Waals surface area contributed by atoms with Gasteiger partial charge in [0.05, 0.1) is 0 Å². The number of likely N-dealkylation sites (N-methyl/N-ethyl adjacent to an activating group) is 1. The van der Waals surface area contributed by atoms with Gasteiger partial charge in [-0.05, 0) is 5.70 Å². The van der Waals surface area contributed by atoms with Gasteiger partial charge in [-0.25, -0.2) is 0 Å². The fourth-order valence-corrected chi connectivity index (χ4v) is 1.58. The molecule has 0 saturated carbocycles. The van der Waals surface area contributed by atoms with Crippen LogP contribution in [0.15, 0.2) is 35.6 Å². The molecule has 2 aliphatic rings. The van der Waals surface area contributed by atoms with Gasteiger partial charge in [0, 0.05) is 13.5 Å². The molecule has 82 valence electrons. The quantitative estimate of drug-likeness (QED) is 0.428. The number of nitrogens with zero attached hydrogens (tertiary/aromatic N) is 1. The molecule has 0 bridgehead atoms. The van der Waals surface area contributed by atoms with Gasteiger partial charge in [0.15, 0.2) is 0 Å². The molecule has 0 atom stereocenters. The summed E-state index contributed by atoms with van der Waals surface area (Å²) in [4.78, 5) is 13.1. The fourth-order valence-electron chi connectivity index (χ4n) is 1.58. The molecule has 1 aliphatic heterocycles. The molecule has 1 amide bonds. The zero-order valence-corrected chi connectivity index (χ0v) is 14.0. The molecule has 2 rings (SSSR count). The molecule has 0 radical (unpaired) electrons. The minimum Gasteiger partial charge on any atom is -0.327 e. The van der Waals surface area contributed by atoms with Gasteiger partial charge in [-0.15, -0.1) is 6.08 Å². The van der Waals surface area contributed by atoms with E-state index in [9.17, 15) is 4.79 Å². The summed E-state index contributed by atoms with van der Waals surface area (Å²) in [5.74, 6) is 1.40. The Hall–Kier alpha value is 0.196. The van der Waals surface area contributed by atoms with Crippen molar-refractivity contribution in [1.29, 1.82) is 0 Å². The van der Waals surface area contributed by atoms with E-state index in [1.165, 1.54) is 5.92 Å². The number of amides is 1. The first kappa shape index (κ1) is 16.2. The number of carbonyl (C=O) groups excluding carboxylic acids is 1.